The maximum absolute atomic E-state index is 5.74. The average molecular weight is 248 g/mol. The maximum Gasteiger partial charge on any atom is 0.0772 e. The third-order valence-electron chi connectivity index (χ3n) is 4.17. The van der Waals surface area contributed by atoms with Gasteiger partial charge < -0.3 is 0 Å². The summed E-state index contributed by atoms with van der Waals surface area (Å²) in [7, 11) is 0. The molecular formula is C14H24N4. The molecule has 0 spiro atoms. The summed E-state index contributed by atoms with van der Waals surface area (Å²) in [5.41, 5.74) is 4.88. The Morgan fingerprint density at radius 2 is 2.22 bits per heavy atom. The zero-order valence-electron chi connectivity index (χ0n) is 11.4. The summed E-state index contributed by atoms with van der Waals surface area (Å²) in [5, 5.41) is 0. The second kappa shape index (κ2) is 6.25. The van der Waals surface area contributed by atoms with Crippen molar-refractivity contribution in [2.45, 2.75) is 52.0 Å². The van der Waals surface area contributed by atoms with E-state index in [1.165, 1.54) is 32.1 Å². The fourth-order valence-corrected chi connectivity index (χ4v) is 3.03. The first kappa shape index (κ1) is 13.4. The van der Waals surface area contributed by atoms with Crippen LogP contribution in [0, 0.1) is 18.8 Å². The number of aromatic nitrogens is 2. The van der Waals surface area contributed by atoms with Crippen molar-refractivity contribution in [3.05, 3.63) is 23.8 Å². The van der Waals surface area contributed by atoms with Gasteiger partial charge in [-0.3, -0.25) is 21.2 Å². The molecule has 1 aliphatic carbocycles. The normalized spacial score (nSPS) is 25.9. The molecule has 1 heterocycles. The van der Waals surface area contributed by atoms with E-state index in [4.69, 9.17) is 5.84 Å². The monoisotopic (exact) mass is 248 g/mol. The van der Waals surface area contributed by atoms with E-state index in [1.807, 2.05) is 19.3 Å². The summed E-state index contributed by atoms with van der Waals surface area (Å²) in [6.07, 6.45) is 10.1. The van der Waals surface area contributed by atoms with Gasteiger partial charge in [0.1, 0.15) is 0 Å². The second-order valence-electron chi connectivity index (χ2n) is 5.43. The van der Waals surface area contributed by atoms with Crippen LogP contribution in [0.3, 0.4) is 0 Å². The van der Waals surface area contributed by atoms with E-state index in [2.05, 4.69) is 22.3 Å². The van der Waals surface area contributed by atoms with Crippen LogP contribution in [-0.4, -0.2) is 9.97 Å². The van der Waals surface area contributed by atoms with Crippen molar-refractivity contribution >= 4 is 0 Å². The van der Waals surface area contributed by atoms with Crippen molar-refractivity contribution in [1.82, 2.24) is 15.4 Å². The Balaban J connectivity index is 2.10. The molecule has 2 rings (SSSR count). The van der Waals surface area contributed by atoms with E-state index in [-0.39, 0.29) is 6.04 Å². The number of nitrogens with zero attached hydrogens (tertiary/aromatic N) is 2. The highest BCUT2D eigenvalue weighted by Gasteiger charge is 2.29. The number of aryl methyl sites for hydroxylation is 1. The topological polar surface area (TPSA) is 63.8 Å². The van der Waals surface area contributed by atoms with Crippen molar-refractivity contribution in [1.29, 1.82) is 0 Å². The Bertz CT molecular complexity index is 363. The molecular weight excluding hydrogens is 224 g/mol. The van der Waals surface area contributed by atoms with Crippen molar-refractivity contribution < 1.29 is 0 Å². The fourth-order valence-electron chi connectivity index (χ4n) is 3.03. The lowest BCUT2D eigenvalue weighted by Crippen LogP contribution is -2.36. The highest BCUT2D eigenvalue weighted by molar-refractivity contribution is 5.07. The molecule has 0 aliphatic heterocycles. The summed E-state index contributed by atoms with van der Waals surface area (Å²) in [5.74, 6) is 7.18. The Kier molecular flexibility index (Phi) is 4.66. The van der Waals surface area contributed by atoms with Crippen LogP contribution < -0.4 is 11.3 Å². The van der Waals surface area contributed by atoms with Crippen molar-refractivity contribution in [2.75, 3.05) is 0 Å². The first-order valence-electron chi connectivity index (χ1n) is 6.99. The third kappa shape index (κ3) is 3.06. The summed E-state index contributed by atoms with van der Waals surface area (Å²) in [6, 6.07) is 0.146. The Morgan fingerprint density at radius 3 is 2.83 bits per heavy atom. The Hall–Kier alpha value is -1.00. The van der Waals surface area contributed by atoms with Crippen LogP contribution in [0.1, 0.15) is 56.5 Å². The molecule has 3 atom stereocenters. The van der Waals surface area contributed by atoms with Gasteiger partial charge in [0.05, 0.1) is 23.6 Å². The molecule has 0 aromatic carbocycles. The van der Waals surface area contributed by atoms with Gasteiger partial charge in [0.25, 0.3) is 0 Å². The lowest BCUT2D eigenvalue weighted by atomic mass is 9.76. The summed E-state index contributed by atoms with van der Waals surface area (Å²) in [4.78, 5) is 8.79. The smallest absolute Gasteiger partial charge is 0.0772 e. The molecule has 4 nitrogen and oxygen atoms in total. The van der Waals surface area contributed by atoms with Crippen molar-refractivity contribution in [2.24, 2.45) is 17.7 Å². The molecule has 1 fully saturated rings. The van der Waals surface area contributed by atoms with E-state index in [0.717, 1.165) is 17.3 Å². The molecule has 1 aromatic heterocycles. The van der Waals surface area contributed by atoms with Gasteiger partial charge in [-0.15, -0.1) is 0 Å². The van der Waals surface area contributed by atoms with Gasteiger partial charge >= 0.3 is 0 Å². The number of hydrogen-bond acceptors (Lipinski definition) is 4. The van der Waals surface area contributed by atoms with E-state index >= 15 is 0 Å². The first-order chi connectivity index (χ1) is 8.74. The van der Waals surface area contributed by atoms with Gasteiger partial charge in [0.2, 0.25) is 0 Å². The summed E-state index contributed by atoms with van der Waals surface area (Å²) in [6.45, 7) is 4.24. The van der Waals surface area contributed by atoms with E-state index in [1.54, 1.807) is 0 Å². The molecule has 1 saturated carbocycles. The minimum Gasteiger partial charge on any atom is -0.271 e. The number of hydrazine groups is 1. The van der Waals surface area contributed by atoms with Crippen LogP contribution in [0.4, 0.5) is 0 Å². The minimum absolute atomic E-state index is 0.146. The molecule has 4 heteroatoms. The molecule has 1 aromatic rings. The number of hydrogen-bond donors (Lipinski definition) is 2. The molecule has 3 N–H and O–H groups in total. The fraction of sp³-hybridized carbons (Fsp3) is 0.714. The summed E-state index contributed by atoms with van der Waals surface area (Å²) >= 11 is 0. The van der Waals surface area contributed by atoms with Gasteiger partial charge in [-0.25, -0.2) is 0 Å². The quantitative estimate of drug-likeness (QED) is 0.635. The highest BCUT2D eigenvalue weighted by Crippen LogP contribution is 2.37. The number of rotatable bonds is 4. The molecule has 0 radical (unpaired) electrons. The lowest BCUT2D eigenvalue weighted by Gasteiger charge is -2.33. The zero-order chi connectivity index (χ0) is 13.0. The van der Waals surface area contributed by atoms with Crippen LogP contribution in [0.25, 0.3) is 0 Å². The third-order valence-corrected chi connectivity index (χ3v) is 4.17. The van der Waals surface area contributed by atoms with Gasteiger partial charge in [-0.05, 0) is 31.6 Å². The van der Waals surface area contributed by atoms with E-state index in [9.17, 15) is 0 Å². The van der Waals surface area contributed by atoms with Gasteiger partial charge in [0, 0.05) is 6.20 Å². The van der Waals surface area contributed by atoms with Crippen LogP contribution in [0.15, 0.2) is 12.4 Å². The maximum atomic E-state index is 5.74. The van der Waals surface area contributed by atoms with Crippen molar-refractivity contribution in [3.63, 3.8) is 0 Å². The molecule has 0 bridgehead atoms. The van der Waals surface area contributed by atoms with Crippen LogP contribution in [0.2, 0.25) is 0 Å². The van der Waals surface area contributed by atoms with Gasteiger partial charge in [-0.2, -0.15) is 0 Å². The molecule has 0 amide bonds. The zero-order valence-corrected chi connectivity index (χ0v) is 11.4. The molecule has 0 saturated heterocycles. The van der Waals surface area contributed by atoms with Crippen LogP contribution in [-0.2, 0) is 0 Å². The number of nitrogens with one attached hydrogen (secondary N) is 1. The predicted octanol–water partition coefficient (Wildman–Crippen LogP) is 2.51. The lowest BCUT2D eigenvalue weighted by molar-refractivity contribution is 0.207. The molecule has 100 valence electrons. The summed E-state index contributed by atoms with van der Waals surface area (Å²) < 4.78 is 0. The number of nitrogens with two attached hydrogens (primary N) is 1. The average Bonchev–Trinajstić information content (AvgIpc) is 2.42. The Morgan fingerprint density at radius 1 is 1.39 bits per heavy atom. The molecule has 18 heavy (non-hydrogen) atoms. The largest absolute Gasteiger partial charge is 0.271 e. The van der Waals surface area contributed by atoms with E-state index < -0.39 is 0 Å². The van der Waals surface area contributed by atoms with Crippen LogP contribution >= 0.6 is 0 Å². The molecule has 3 unspecified atom stereocenters. The first-order valence-corrected chi connectivity index (χ1v) is 6.99. The second-order valence-corrected chi connectivity index (χ2v) is 5.43. The predicted molar refractivity (Wildman–Crippen MR) is 72.6 cm³/mol. The van der Waals surface area contributed by atoms with Crippen LogP contribution in [0.5, 0.6) is 0 Å². The standard InChI is InChI=1S/C14H24N4/c1-3-11-5-4-6-12(7-11)14(18-15)13-9-16-10(2)8-17-13/h8-9,11-12,14,18H,3-7,15H2,1-2H3. The van der Waals surface area contributed by atoms with E-state index in [0.29, 0.717) is 5.92 Å². The molecule has 1 aliphatic rings. The minimum atomic E-state index is 0.146. The van der Waals surface area contributed by atoms with Crippen molar-refractivity contribution in [3.8, 4) is 0 Å². The van der Waals surface area contributed by atoms with Gasteiger partial charge in [-0.1, -0.05) is 26.2 Å². The SMILES string of the molecule is CCC1CCCC(C(NN)c2cnc(C)cn2)C1. The highest BCUT2D eigenvalue weighted by atomic mass is 15.2. The van der Waals surface area contributed by atoms with Gasteiger partial charge in [0.15, 0.2) is 0 Å². The Labute approximate surface area is 109 Å².